The second-order valence-electron chi connectivity index (χ2n) is 6.12. The van der Waals surface area contributed by atoms with Gasteiger partial charge in [-0.3, -0.25) is 9.78 Å². The normalized spacial score (nSPS) is 17.6. The number of fused-ring (bicyclic) bond motifs is 1. The van der Waals surface area contributed by atoms with Crippen molar-refractivity contribution in [3.8, 4) is 6.07 Å². The van der Waals surface area contributed by atoms with Gasteiger partial charge in [-0.1, -0.05) is 13.0 Å². The Morgan fingerprint density at radius 2 is 2.42 bits per heavy atom. The third kappa shape index (κ3) is 3.48. The molecule has 5 nitrogen and oxygen atoms in total. The molecule has 6 heteroatoms. The predicted octanol–water partition coefficient (Wildman–Crippen LogP) is 3.00. The number of pyridine rings is 1. The van der Waals surface area contributed by atoms with E-state index in [2.05, 4.69) is 16.4 Å². The van der Waals surface area contributed by atoms with Gasteiger partial charge in [0.05, 0.1) is 11.7 Å². The van der Waals surface area contributed by atoms with Crippen LogP contribution in [0.15, 0.2) is 24.4 Å². The van der Waals surface area contributed by atoms with Crippen molar-refractivity contribution in [1.82, 2.24) is 4.98 Å². The van der Waals surface area contributed by atoms with E-state index in [1.165, 1.54) is 11.3 Å². The Balaban J connectivity index is 1.72. The highest BCUT2D eigenvalue weighted by Crippen LogP contribution is 2.38. The van der Waals surface area contributed by atoms with Gasteiger partial charge < -0.3 is 10.4 Å². The number of aliphatic hydroxyl groups excluding tert-OH is 1. The third-order valence-corrected chi connectivity index (χ3v) is 5.46. The second-order valence-corrected chi connectivity index (χ2v) is 7.23. The number of hydrogen-bond donors (Lipinski definition) is 2. The Hall–Kier alpha value is -2.23. The van der Waals surface area contributed by atoms with Gasteiger partial charge in [0.15, 0.2) is 0 Å². The lowest BCUT2D eigenvalue weighted by atomic mass is 9.94. The summed E-state index contributed by atoms with van der Waals surface area (Å²) in [5, 5.41) is 22.7. The molecule has 0 bridgehead atoms. The molecule has 3 rings (SSSR count). The highest BCUT2D eigenvalue weighted by Gasteiger charge is 2.25. The maximum atomic E-state index is 12.4. The molecule has 2 aromatic rings. The molecule has 0 aliphatic heterocycles. The Kier molecular flexibility index (Phi) is 4.93. The van der Waals surface area contributed by atoms with Gasteiger partial charge in [-0.25, -0.2) is 0 Å². The monoisotopic (exact) mass is 341 g/mol. The number of rotatable bonds is 4. The minimum atomic E-state index is -0.351. The number of anilines is 1. The van der Waals surface area contributed by atoms with Crippen LogP contribution in [0.2, 0.25) is 0 Å². The Labute approximate surface area is 145 Å². The van der Waals surface area contributed by atoms with E-state index in [1.54, 1.807) is 6.20 Å². The van der Waals surface area contributed by atoms with E-state index in [0.29, 0.717) is 36.2 Å². The van der Waals surface area contributed by atoms with E-state index in [-0.39, 0.29) is 17.9 Å². The number of nitrogens with one attached hydrogen (secondary N) is 1. The largest absolute Gasteiger partial charge is 0.393 e. The first-order valence-corrected chi connectivity index (χ1v) is 8.83. The van der Waals surface area contributed by atoms with Gasteiger partial charge in [-0.2, -0.15) is 5.26 Å². The Bertz CT molecular complexity index is 780. The number of carbonyl (C=O) groups excluding carboxylic acids is 1. The molecule has 1 aliphatic carbocycles. The maximum Gasteiger partial charge on any atom is 0.225 e. The molecule has 2 aromatic heterocycles. The average Bonchev–Trinajstić information content (AvgIpc) is 2.91. The minimum absolute atomic E-state index is 0.00754. The first kappa shape index (κ1) is 16.6. The highest BCUT2D eigenvalue weighted by atomic mass is 32.1. The third-order valence-electron chi connectivity index (χ3n) is 4.29. The predicted molar refractivity (Wildman–Crippen MR) is 93.0 cm³/mol. The summed E-state index contributed by atoms with van der Waals surface area (Å²) in [4.78, 5) is 17.6. The van der Waals surface area contributed by atoms with E-state index >= 15 is 0 Å². The molecule has 0 radical (unpaired) electrons. The van der Waals surface area contributed by atoms with Crippen LogP contribution in [0.25, 0.3) is 0 Å². The molecule has 124 valence electrons. The van der Waals surface area contributed by atoms with Crippen LogP contribution in [0, 0.1) is 11.3 Å². The number of nitriles is 1. The van der Waals surface area contributed by atoms with Gasteiger partial charge in [0.2, 0.25) is 5.91 Å². The lowest BCUT2D eigenvalue weighted by molar-refractivity contribution is -0.116. The number of carbonyl (C=O) groups is 1. The first-order chi connectivity index (χ1) is 11.6. The van der Waals surface area contributed by atoms with Crippen molar-refractivity contribution >= 4 is 22.2 Å². The molecule has 0 saturated heterocycles. The van der Waals surface area contributed by atoms with E-state index in [9.17, 15) is 15.2 Å². The fourth-order valence-corrected chi connectivity index (χ4v) is 4.29. The SMILES string of the molecule is CC(CC(=O)Nc1sc2c(c1C#N)CCC(O)C2)c1ccccn1. The summed E-state index contributed by atoms with van der Waals surface area (Å²) in [7, 11) is 0. The van der Waals surface area contributed by atoms with Crippen LogP contribution in [0.4, 0.5) is 5.00 Å². The van der Waals surface area contributed by atoms with Crippen molar-refractivity contribution in [3.63, 3.8) is 0 Å². The topological polar surface area (TPSA) is 86.0 Å². The van der Waals surface area contributed by atoms with Crippen molar-refractivity contribution in [2.75, 3.05) is 5.32 Å². The fourth-order valence-electron chi connectivity index (χ4n) is 3.00. The molecular formula is C18H19N3O2S. The van der Waals surface area contributed by atoms with Crippen LogP contribution in [0.1, 0.15) is 47.4 Å². The van der Waals surface area contributed by atoms with Crippen LogP contribution in [-0.2, 0) is 17.6 Å². The van der Waals surface area contributed by atoms with Crippen molar-refractivity contribution < 1.29 is 9.90 Å². The molecule has 24 heavy (non-hydrogen) atoms. The summed E-state index contributed by atoms with van der Waals surface area (Å²) in [6.07, 6.45) is 3.60. The smallest absolute Gasteiger partial charge is 0.225 e. The average molecular weight is 341 g/mol. The number of thiophene rings is 1. The van der Waals surface area contributed by atoms with Gasteiger partial charge in [-0.15, -0.1) is 11.3 Å². The number of nitrogens with zero attached hydrogens (tertiary/aromatic N) is 2. The van der Waals surface area contributed by atoms with Crippen molar-refractivity contribution in [3.05, 3.63) is 46.1 Å². The Morgan fingerprint density at radius 3 is 3.12 bits per heavy atom. The zero-order chi connectivity index (χ0) is 17.1. The highest BCUT2D eigenvalue weighted by molar-refractivity contribution is 7.16. The van der Waals surface area contributed by atoms with Crippen molar-refractivity contribution in [2.45, 2.75) is 44.6 Å². The van der Waals surface area contributed by atoms with Gasteiger partial charge in [0.25, 0.3) is 0 Å². The van der Waals surface area contributed by atoms with E-state index in [0.717, 1.165) is 16.1 Å². The summed E-state index contributed by atoms with van der Waals surface area (Å²) in [5.74, 6) is -0.114. The summed E-state index contributed by atoms with van der Waals surface area (Å²) < 4.78 is 0. The van der Waals surface area contributed by atoms with Crippen LogP contribution >= 0.6 is 11.3 Å². The van der Waals surface area contributed by atoms with Crippen LogP contribution in [0.3, 0.4) is 0 Å². The molecule has 2 unspecified atom stereocenters. The molecule has 2 atom stereocenters. The molecule has 0 fully saturated rings. The fraction of sp³-hybridized carbons (Fsp3) is 0.389. The minimum Gasteiger partial charge on any atom is -0.393 e. The lowest BCUT2D eigenvalue weighted by Crippen LogP contribution is -2.17. The van der Waals surface area contributed by atoms with Crippen molar-refractivity contribution in [1.29, 1.82) is 5.26 Å². The maximum absolute atomic E-state index is 12.4. The number of aliphatic hydroxyl groups is 1. The van der Waals surface area contributed by atoms with E-state index in [4.69, 9.17) is 0 Å². The second kappa shape index (κ2) is 7.12. The quantitative estimate of drug-likeness (QED) is 0.895. The van der Waals surface area contributed by atoms with Crippen molar-refractivity contribution in [2.24, 2.45) is 0 Å². The molecular weight excluding hydrogens is 322 g/mol. The summed E-state index contributed by atoms with van der Waals surface area (Å²) in [5.41, 5.74) is 2.42. The van der Waals surface area contributed by atoms with Crippen LogP contribution in [0.5, 0.6) is 0 Å². The summed E-state index contributed by atoms with van der Waals surface area (Å²) >= 11 is 1.41. The van der Waals surface area contributed by atoms with Crippen LogP contribution < -0.4 is 5.32 Å². The standard InChI is InChI=1S/C18H19N3O2S/c1-11(15-4-2-3-7-20-15)8-17(23)21-18-14(10-19)13-6-5-12(22)9-16(13)24-18/h2-4,7,11-12,22H,5-6,8-9H2,1H3,(H,21,23). The molecule has 1 amide bonds. The molecule has 2 heterocycles. The van der Waals surface area contributed by atoms with Gasteiger partial charge in [0.1, 0.15) is 11.1 Å². The zero-order valence-electron chi connectivity index (χ0n) is 13.5. The Morgan fingerprint density at radius 1 is 1.58 bits per heavy atom. The zero-order valence-corrected chi connectivity index (χ0v) is 14.3. The van der Waals surface area contributed by atoms with Crippen LogP contribution in [-0.4, -0.2) is 22.1 Å². The molecule has 0 spiro atoms. The van der Waals surface area contributed by atoms with Gasteiger partial charge in [-0.05, 0) is 30.5 Å². The molecule has 1 aliphatic rings. The van der Waals surface area contributed by atoms with Gasteiger partial charge >= 0.3 is 0 Å². The number of hydrogen-bond acceptors (Lipinski definition) is 5. The summed E-state index contributed by atoms with van der Waals surface area (Å²) in [6, 6.07) is 7.87. The first-order valence-electron chi connectivity index (χ1n) is 8.02. The summed E-state index contributed by atoms with van der Waals surface area (Å²) in [6.45, 7) is 1.96. The van der Waals surface area contributed by atoms with Gasteiger partial charge in [0, 0.05) is 35.5 Å². The molecule has 0 aromatic carbocycles. The van der Waals surface area contributed by atoms with E-state index in [1.807, 2.05) is 25.1 Å². The van der Waals surface area contributed by atoms with E-state index < -0.39 is 0 Å². The number of amides is 1. The molecule has 0 saturated carbocycles. The number of aromatic nitrogens is 1. The lowest BCUT2D eigenvalue weighted by Gasteiger charge is -2.16. The molecule has 2 N–H and O–H groups in total.